The van der Waals surface area contributed by atoms with E-state index in [0.717, 1.165) is 172 Å². The Hall–Kier alpha value is -12.1. The lowest BCUT2D eigenvalue weighted by molar-refractivity contribution is 0.484. The second kappa shape index (κ2) is 19.3. The topological polar surface area (TPSA) is 50.3 Å². The predicted octanol–water partition coefficient (Wildman–Crippen LogP) is 21.7. The molecule has 95 heavy (non-hydrogen) atoms. The van der Waals surface area contributed by atoms with E-state index in [9.17, 15) is 0 Å². The number of nitrogens with zero attached hydrogens (tertiary/aromatic N) is 3. The minimum absolute atomic E-state index is 0.252. The van der Waals surface area contributed by atoms with Crippen molar-refractivity contribution in [2.45, 2.75) is 26.2 Å². The number of hydrogen-bond donors (Lipinski definition) is 0. The van der Waals surface area contributed by atoms with Gasteiger partial charge in [-0.05, 0) is 157 Å². The predicted molar refractivity (Wildman–Crippen MR) is 396 cm³/mol. The van der Waals surface area contributed by atoms with Crippen LogP contribution in [0.3, 0.4) is 0 Å². The van der Waals surface area contributed by atoms with Crippen LogP contribution < -0.4 is 21.1 Å². The van der Waals surface area contributed by atoms with Crippen LogP contribution in [0.5, 0.6) is 11.5 Å². The highest BCUT2D eigenvalue weighted by Crippen LogP contribution is 2.51. The van der Waals surface area contributed by atoms with Gasteiger partial charge in [0.05, 0.1) is 43.9 Å². The Kier molecular flexibility index (Phi) is 10.7. The van der Waals surface area contributed by atoms with Crippen LogP contribution in [-0.2, 0) is 5.41 Å². The maximum Gasteiger partial charge on any atom is 0.256 e. The summed E-state index contributed by atoms with van der Waals surface area (Å²) < 4.78 is 30.2. The molecule has 19 aromatic rings. The van der Waals surface area contributed by atoms with E-state index >= 15 is 0 Å². The molecule has 0 N–H and O–H groups in total. The number of rotatable bonds is 6. The summed E-state index contributed by atoms with van der Waals surface area (Å²) in [4.78, 5) is 0. The van der Waals surface area contributed by atoms with Crippen LogP contribution in [-0.4, -0.2) is 20.4 Å². The molecule has 7 heteroatoms. The molecule has 0 spiro atoms. The van der Waals surface area contributed by atoms with Crippen molar-refractivity contribution in [3.05, 3.63) is 291 Å². The van der Waals surface area contributed by atoms with E-state index in [0.29, 0.717) is 0 Å². The summed E-state index contributed by atoms with van der Waals surface area (Å²) in [6.07, 6.45) is 0. The maximum absolute atomic E-state index is 7.86. The van der Waals surface area contributed by atoms with Gasteiger partial charge in [0.1, 0.15) is 33.8 Å². The summed E-state index contributed by atoms with van der Waals surface area (Å²) in [6, 6.07) is 105. The summed E-state index contributed by atoms with van der Waals surface area (Å²) in [7, 11) is 0. The van der Waals surface area contributed by atoms with Crippen molar-refractivity contribution < 1.29 is 13.6 Å². The molecule has 2 aliphatic heterocycles. The smallest absolute Gasteiger partial charge is 0.256 e. The van der Waals surface area contributed by atoms with Crippen molar-refractivity contribution in [3.8, 4) is 73.1 Å². The number of benzene rings is 14. The fourth-order valence-electron chi connectivity index (χ4n) is 16.6. The first-order valence-electron chi connectivity index (χ1n) is 32.9. The lowest BCUT2D eigenvalue weighted by Gasteiger charge is -2.36. The fraction of sp³-hybridized carbons (Fsp3) is 0.0455. The third kappa shape index (κ3) is 7.35. The molecule has 0 amide bonds. The van der Waals surface area contributed by atoms with Gasteiger partial charge in [0.25, 0.3) is 6.71 Å². The normalized spacial score (nSPS) is 12.9. The zero-order valence-electron chi connectivity index (χ0n) is 52.3. The Labute approximate surface area is 546 Å². The lowest BCUT2D eigenvalue weighted by atomic mass is 9.34. The van der Waals surface area contributed by atoms with Crippen LogP contribution >= 0.6 is 0 Å². The van der Waals surface area contributed by atoms with Crippen molar-refractivity contribution in [2.24, 2.45) is 0 Å². The summed E-state index contributed by atoms with van der Waals surface area (Å²) >= 11 is 0. The molecule has 444 valence electrons. The summed E-state index contributed by atoms with van der Waals surface area (Å²) in [5.74, 6) is 1.71. The van der Waals surface area contributed by atoms with E-state index in [-0.39, 0.29) is 12.1 Å². The van der Waals surface area contributed by atoms with Gasteiger partial charge >= 0.3 is 0 Å². The molecule has 0 radical (unpaired) electrons. The van der Waals surface area contributed by atoms with E-state index in [1.54, 1.807) is 0 Å². The van der Waals surface area contributed by atoms with Crippen LogP contribution in [0, 0.1) is 0 Å². The first-order valence-corrected chi connectivity index (χ1v) is 32.9. The largest absolute Gasteiger partial charge is 0.458 e. The lowest BCUT2D eigenvalue weighted by Crippen LogP contribution is -2.58. The SMILES string of the molecule is CC(C)(C)c1cc2c3c(c1)-n1c4ccc5c6cc(-n7c8ccccc8c8ccccc87)ccc6oc5c4c4c5oc6ccc(-n7c8ccccc8c8ccccc87)cc6c5cc(c41)B3c1cc(-c3ccccc3-c3ccccc3)cc(-c3ccccc3-c3ccccc3)c1O2. The highest BCUT2D eigenvalue weighted by Gasteiger charge is 2.44. The second-order valence-corrected chi connectivity index (χ2v) is 27.0. The number of para-hydroxylation sites is 4. The molecular weight excluding hydrogens is 1160 g/mol. The average molecular weight is 1210 g/mol. The molecule has 0 aliphatic carbocycles. The minimum atomic E-state index is -0.307. The van der Waals surface area contributed by atoms with E-state index in [1.165, 1.54) is 32.6 Å². The monoisotopic (exact) mass is 1210 g/mol. The Morgan fingerprint density at radius 3 is 1.37 bits per heavy atom. The first kappa shape index (κ1) is 52.6. The van der Waals surface area contributed by atoms with Gasteiger partial charge in [-0.1, -0.05) is 215 Å². The zero-order valence-corrected chi connectivity index (χ0v) is 52.3. The zero-order chi connectivity index (χ0) is 62.5. The maximum atomic E-state index is 7.86. The molecule has 5 aromatic heterocycles. The van der Waals surface area contributed by atoms with Crippen LogP contribution in [0.1, 0.15) is 26.3 Å². The van der Waals surface area contributed by atoms with Gasteiger partial charge in [0, 0.05) is 65.7 Å². The van der Waals surface area contributed by atoms with E-state index in [4.69, 9.17) is 13.6 Å². The van der Waals surface area contributed by atoms with Crippen LogP contribution in [0.15, 0.2) is 294 Å². The Morgan fingerprint density at radius 1 is 0.326 bits per heavy atom. The standard InChI is InChI=1S/C88H56BN3O3/c1-88(2,3)54-46-77-83-80(47-54)95-85-68(60-29-13-12-27-58(60)52-24-8-5-9-25-52)44-53(59-28-11-10-26-57(59)51-22-6-4-7-23-51)45-71(85)89(83)70-50-69-67-49-56(91-74-36-20-16-32-63(74)64-33-17-21-37-75(64)91)39-43-79(67)94-87(69)82-81-76(92(77)84(70)82)41-40-65-66-48-55(38-42-78(66)93-86(65)81)90-72-34-18-14-30-61(72)62-31-15-19-35-73(62)90/h4-50H,1-3H3. The van der Waals surface area contributed by atoms with Gasteiger partial charge < -0.3 is 27.3 Å². The second-order valence-electron chi connectivity index (χ2n) is 27.0. The summed E-state index contributed by atoms with van der Waals surface area (Å²) in [6.45, 7) is 6.62. The van der Waals surface area contributed by atoms with E-state index in [2.05, 4.69) is 320 Å². The van der Waals surface area contributed by atoms with Gasteiger partial charge in [-0.2, -0.15) is 0 Å². The Balaban J connectivity index is 0.909. The van der Waals surface area contributed by atoms with E-state index < -0.39 is 0 Å². The number of furan rings is 2. The van der Waals surface area contributed by atoms with Crippen molar-refractivity contribution in [1.29, 1.82) is 0 Å². The number of fused-ring (bicyclic) bond motifs is 21. The molecule has 14 aromatic carbocycles. The van der Waals surface area contributed by atoms with Gasteiger partial charge in [-0.3, -0.25) is 0 Å². The fourth-order valence-corrected chi connectivity index (χ4v) is 16.6. The van der Waals surface area contributed by atoms with Crippen LogP contribution in [0.2, 0.25) is 0 Å². The van der Waals surface area contributed by atoms with Crippen molar-refractivity contribution in [3.63, 3.8) is 0 Å². The van der Waals surface area contributed by atoms with Gasteiger partial charge in [0.2, 0.25) is 0 Å². The minimum Gasteiger partial charge on any atom is -0.458 e. The third-order valence-corrected chi connectivity index (χ3v) is 20.8. The molecular formula is C88H56BN3O3. The average Bonchev–Trinajstić information content (AvgIpc) is 1.56. The van der Waals surface area contributed by atoms with Crippen molar-refractivity contribution in [2.75, 3.05) is 0 Å². The highest BCUT2D eigenvalue weighted by molar-refractivity contribution is 6.99. The van der Waals surface area contributed by atoms with Crippen LogP contribution in [0.25, 0.3) is 171 Å². The van der Waals surface area contributed by atoms with Gasteiger partial charge in [-0.25, -0.2) is 0 Å². The van der Waals surface area contributed by atoms with E-state index in [1.807, 2.05) is 0 Å². The number of ether oxygens (including phenoxy) is 1. The molecule has 0 saturated carbocycles. The van der Waals surface area contributed by atoms with Gasteiger partial charge in [0.15, 0.2) is 0 Å². The molecule has 0 fully saturated rings. The van der Waals surface area contributed by atoms with Gasteiger partial charge in [-0.15, -0.1) is 0 Å². The molecule has 21 rings (SSSR count). The molecule has 7 heterocycles. The third-order valence-electron chi connectivity index (χ3n) is 20.8. The Bertz CT molecular complexity index is 6440. The molecule has 0 unspecified atom stereocenters. The molecule has 0 saturated heterocycles. The molecule has 0 bridgehead atoms. The summed E-state index contributed by atoms with van der Waals surface area (Å²) in [5, 5.41) is 11.1. The Morgan fingerprint density at radius 2 is 0.811 bits per heavy atom. The molecule has 2 aliphatic rings. The van der Waals surface area contributed by atoms with Crippen molar-refractivity contribution in [1.82, 2.24) is 13.7 Å². The first-order chi connectivity index (χ1) is 46.8. The van der Waals surface area contributed by atoms with Crippen LogP contribution in [0.4, 0.5) is 0 Å². The molecule has 6 nitrogen and oxygen atoms in total. The summed E-state index contributed by atoms with van der Waals surface area (Å²) in [5.41, 5.74) is 26.6. The number of hydrogen-bond acceptors (Lipinski definition) is 3. The van der Waals surface area contributed by atoms with Crippen molar-refractivity contribution >= 4 is 132 Å². The quantitative estimate of drug-likeness (QED) is 0.156. The highest BCUT2D eigenvalue weighted by atomic mass is 16.5. The number of aromatic nitrogens is 3. The molecule has 0 atom stereocenters.